The van der Waals surface area contributed by atoms with E-state index in [1.54, 1.807) is 50.2 Å². The van der Waals surface area contributed by atoms with E-state index in [0.29, 0.717) is 16.3 Å². The number of aromatic nitrogens is 4. The van der Waals surface area contributed by atoms with E-state index in [-0.39, 0.29) is 5.69 Å². The monoisotopic (exact) mass is 359 g/mol. The number of tetrazole rings is 1. The molecule has 8 nitrogen and oxygen atoms in total. The van der Waals surface area contributed by atoms with E-state index in [4.69, 9.17) is 11.6 Å². The number of nitro benzene ring substituents is 1. The highest BCUT2D eigenvalue weighted by molar-refractivity contribution is 6.32. The molecule has 0 radical (unpaired) electrons. The van der Waals surface area contributed by atoms with Gasteiger partial charge in [-0.2, -0.15) is 9.36 Å². The lowest BCUT2D eigenvalue weighted by atomic mass is 10.0. The maximum Gasteiger partial charge on any atom is 0.369 e. The molecule has 3 rings (SSSR count). The average Bonchev–Trinajstić information content (AvgIpc) is 2.95. The molecule has 128 valence electrons. The van der Waals surface area contributed by atoms with Gasteiger partial charge in [0.05, 0.1) is 21.7 Å². The quantitative estimate of drug-likeness (QED) is 0.527. The van der Waals surface area contributed by atoms with Crippen molar-refractivity contribution in [3.63, 3.8) is 0 Å². The molecule has 0 aliphatic carbocycles. The third kappa shape index (κ3) is 3.03. The molecule has 0 spiro atoms. The molecule has 1 atom stereocenters. The highest BCUT2D eigenvalue weighted by Gasteiger charge is 2.19. The Labute approximate surface area is 147 Å². The van der Waals surface area contributed by atoms with Crippen molar-refractivity contribution < 1.29 is 4.92 Å². The molecule has 0 aliphatic rings. The molecule has 0 N–H and O–H groups in total. The first-order valence-electron chi connectivity index (χ1n) is 7.44. The first-order valence-corrected chi connectivity index (χ1v) is 7.82. The molecule has 0 saturated carbocycles. The van der Waals surface area contributed by atoms with Gasteiger partial charge < -0.3 is 0 Å². The predicted molar refractivity (Wildman–Crippen MR) is 92.3 cm³/mol. The maximum absolute atomic E-state index is 12.6. The van der Waals surface area contributed by atoms with Crippen LogP contribution in [0.3, 0.4) is 0 Å². The van der Waals surface area contributed by atoms with Crippen LogP contribution in [-0.4, -0.2) is 24.7 Å². The number of nitro groups is 1. The number of halogens is 1. The molecule has 1 heterocycles. The Kier molecular flexibility index (Phi) is 4.37. The third-order valence-electron chi connectivity index (χ3n) is 3.95. The fourth-order valence-corrected chi connectivity index (χ4v) is 2.77. The number of benzene rings is 2. The van der Waals surface area contributed by atoms with Gasteiger partial charge in [0.2, 0.25) is 0 Å². The van der Waals surface area contributed by atoms with Gasteiger partial charge in [0.15, 0.2) is 0 Å². The van der Waals surface area contributed by atoms with Gasteiger partial charge in [-0.1, -0.05) is 29.8 Å². The van der Waals surface area contributed by atoms with E-state index < -0.39 is 16.7 Å². The summed E-state index contributed by atoms with van der Waals surface area (Å²) in [6, 6.07) is 11.1. The molecule has 9 heteroatoms. The third-order valence-corrected chi connectivity index (χ3v) is 4.27. The number of para-hydroxylation sites is 1. The Morgan fingerprint density at radius 3 is 2.56 bits per heavy atom. The lowest BCUT2D eigenvalue weighted by Gasteiger charge is -2.11. The summed E-state index contributed by atoms with van der Waals surface area (Å²) in [5.41, 5.74) is 1.25. The van der Waals surface area contributed by atoms with Gasteiger partial charge in [-0.3, -0.25) is 10.1 Å². The Balaban J connectivity index is 2.01. The smallest absolute Gasteiger partial charge is 0.258 e. The molecule has 0 bridgehead atoms. The zero-order chi connectivity index (χ0) is 18.1. The molecular formula is C16H14ClN5O3. The fraction of sp³-hybridized carbons (Fsp3) is 0.188. The number of nitrogens with zero attached hydrogens (tertiary/aromatic N) is 5. The van der Waals surface area contributed by atoms with Crippen LogP contribution in [0, 0.1) is 17.0 Å². The maximum atomic E-state index is 12.6. The summed E-state index contributed by atoms with van der Waals surface area (Å²) in [6.07, 6.45) is 0. The standard InChI is InChI=1S/C16H14ClN5O3/c1-10-9-12(7-8-14(10)22(24)25)11(2)20-16(23)21(19-18-20)15-6-4-3-5-13(15)17/h3-9,11H,1-2H3. The number of hydrogen-bond donors (Lipinski definition) is 0. The van der Waals surface area contributed by atoms with Crippen molar-refractivity contribution in [1.82, 2.24) is 19.8 Å². The molecule has 0 aliphatic heterocycles. The van der Waals surface area contributed by atoms with Crippen LogP contribution in [-0.2, 0) is 0 Å². The van der Waals surface area contributed by atoms with Crippen LogP contribution in [0.15, 0.2) is 47.3 Å². The highest BCUT2D eigenvalue weighted by atomic mass is 35.5. The Bertz CT molecular complexity index is 1010. The van der Waals surface area contributed by atoms with Gasteiger partial charge in [-0.25, -0.2) is 4.79 Å². The van der Waals surface area contributed by atoms with Crippen LogP contribution in [0.1, 0.15) is 24.1 Å². The van der Waals surface area contributed by atoms with Crippen molar-refractivity contribution in [2.75, 3.05) is 0 Å². The summed E-state index contributed by atoms with van der Waals surface area (Å²) in [5.74, 6) is 0. The van der Waals surface area contributed by atoms with Crippen molar-refractivity contribution in [2.24, 2.45) is 0 Å². The topological polar surface area (TPSA) is 95.8 Å². The highest BCUT2D eigenvalue weighted by Crippen LogP contribution is 2.24. The van der Waals surface area contributed by atoms with Crippen molar-refractivity contribution in [3.8, 4) is 5.69 Å². The minimum atomic E-state index is -0.448. The normalized spacial score (nSPS) is 12.1. The van der Waals surface area contributed by atoms with E-state index >= 15 is 0 Å². The first kappa shape index (κ1) is 16.8. The van der Waals surface area contributed by atoms with Crippen molar-refractivity contribution in [1.29, 1.82) is 0 Å². The summed E-state index contributed by atoms with van der Waals surface area (Å²) in [7, 11) is 0. The molecule has 25 heavy (non-hydrogen) atoms. The first-order chi connectivity index (χ1) is 11.9. The van der Waals surface area contributed by atoms with Gasteiger partial charge in [0.1, 0.15) is 0 Å². The Morgan fingerprint density at radius 1 is 1.20 bits per heavy atom. The zero-order valence-electron chi connectivity index (χ0n) is 13.5. The van der Waals surface area contributed by atoms with Crippen molar-refractivity contribution in [3.05, 3.63) is 79.2 Å². The van der Waals surface area contributed by atoms with Crippen molar-refractivity contribution >= 4 is 17.3 Å². The largest absolute Gasteiger partial charge is 0.369 e. The van der Waals surface area contributed by atoms with E-state index in [0.717, 1.165) is 10.2 Å². The van der Waals surface area contributed by atoms with Gasteiger partial charge >= 0.3 is 5.69 Å². The molecule has 1 unspecified atom stereocenters. The molecule has 0 saturated heterocycles. The minimum absolute atomic E-state index is 0.0306. The summed E-state index contributed by atoms with van der Waals surface area (Å²) in [5, 5.41) is 19.1. The number of rotatable bonds is 4. The Morgan fingerprint density at radius 2 is 1.92 bits per heavy atom. The lowest BCUT2D eigenvalue weighted by Crippen LogP contribution is -2.27. The van der Waals surface area contributed by atoms with E-state index in [1.807, 2.05) is 0 Å². The average molecular weight is 360 g/mol. The SMILES string of the molecule is Cc1cc(C(C)n2nnn(-c3ccccc3Cl)c2=O)ccc1[N+](=O)[O-]. The van der Waals surface area contributed by atoms with Crippen LogP contribution in [0.4, 0.5) is 5.69 Å². The van der Waals surface area contributed by atoms with Gasteiger partial charge in [0, 0.05) is 11.6 Å². The van der Waals surface area contributed by atoms with E-state index in [1.165, 1.54) is 10.7 Å². The second-order valence-electron chi connectivity index (χ2n) is 5.55. The zero-order valence-corrected chi connectivity index (χ0v) is 14.2. The Hall–Kier alpha value is -3.00. The summed E-state index contributed by atoms with van der Waals surface area (Å²) in [6.45, 7) is 3.42. The van der Waals surface area contributed by atoms with Crippen LogP contribution in [0.25, 0.3) is 5.69 Å². The summed E-state index contributed by atoms with van der Waals surface area (Å²) < 4.78 is 2.33. The second-order valence-corrected chi connectivity index (χ2v) is 5.96. The molecule has 2 aromatic carbocycles. The molecule has 0 amide bonds. The van der Waals surface area contributed by atoms with Gasteiger partial charge in [-0.05, 0) is 48.0 Å². The molecule has 0 fully saturated rings. The second kappa shape index (κ2) is 6.48. The van der Waals surface area contributed by atoms with Gasteiger partial charge in [0.25, 0.3) is 5.69 Å². The van der Waals surface area contributed by atoms with Crippen LogP contribution in [0.2, 0.25) is 5.02 Å². The predicted octanol–water partition coefficient (Wildman–Crippen LogP) is 2.91. The number of hydrogen-bond acceptors (Lipinski definition) is 5. The van der Waals surface area contributed by atoms with E-state index in [2.05, 4.69) is 10.4 Å². The van der Waals surface area contributed by atoms with Crippen LogP contribution in [0.5, 0.6) is 0 Å². The fourth-order valence-electron chi connectivity index (χ4n) is 2.56. The van der Waals surface area contributed by atoms with E-state index in [9.17, 15) is 14.9 Å². The van der Waals surface area contributed by atoms with Gasteiger partial charge in [-0.15, -0.1) is 0 Å². The van der Waals surface area contributed by atoms with Crippen LogP contribution >= 0.6 is 11.6 Å². The van der Waals surface area contributed by atoms with Crippen LogP contribution < -0.4 is 5.69 Å². The molecule has 3 aromatic rings. The number of aryl methyl sites for hydroxylation is 1. The minimum Gasteiger partial charge on any atom is -0.258 e. The summed E-state index contributed by atoms with van der Waals surface area (Å²) >= 11 is 6.10. The summed E-state index contributed by atoms with van der Waals surface area (Å²) in [4.78, 5) is 23.1. The molecular weight excluding hydrogens is 346 g/mol. The molecule has 1 aromatic heterocycles. The van der Waals surface area contributed by atoms with Crippen molar-refractivity contribution in [2.45, 2.75) is 19.9 Å². The lowest BCUT2D eigenvalue weighted by molar-refractivity contribution is -0.385.